The molecule has 7 heteroatoms. The fourth-order valence-corrected chi connectivity index (χ4v) is 3.61. The minimum absolute atomic E-state index is 0.00883. The van der Waals surface area contributed by atoms with Gasteiger partial charge in [0.2, 0.25) is 5.91 Å². The molecule has 1 aliphatic heterocycles. The third-order valence-corrected chi connectivity index (χ3v) is 5.14. The van der Waals surface area contributed by atoms with Crippen molar-refractivity contribution in [3.8, 4) is 11.1 Å². The van der Waals surface area contributed by atoms with Gasteiger partial charge in [-0.1, -0.05) is 0 Å². The van der Waals surface area contributed by atoms with Crippen molar-refractivity contribution in [2.45, 2.75) is 39.7 Å². The number of aryl methyl sites for hydroxylation is 1. The van der Waals surface area contributed by atoms with Crippen LogP contribution >= 0.6 is 0 Å². The average Bonchev–Trinajstić information content (AvgIpc) is 3.38. The van der Waals surface area contributed by atoms with Crippen LogP contribution in [0.5, 0.6) is 0 Å². The Hall–Kier alpha value is -2.96. The molecule has 7 nitrogen and oxygen atoms in total. The van der Waals surface area contributed by atoms with Crippen LogP contribution < -0.4 is 4.90 Å². The Morgan fingerprint density at radius 2 is 2.15 bits per heavy atom. The summed E-state index contributed by atoms with van der Waals surface area (Å²) in [6.07, 6.45) is 9.11. The molecule has 1 saturated heterocycles. The van der Waals surface area contributed by atoms with Gasteiger partial charge in [-0.2, -0.15) is 10.2 Å². The molecule has 4 rings (SSSR count). The van der Waals surface area contributed by atoms with Crippen molar-refractivity contribution in [3.05, 3.63) is 48.2 Å². The van der Waals surface area contributed by atoms with Crippen LogP contribution in [-0.4, -0.2) is 37.4 Å². The molecule has 3 aromatic heterocycles. The third kappa shape index (κ3) is 3.37. The zero-order valence-electron chi connectivity index (χ0n) is 15.9. The summed E-state index contributed by atoms with van der Waals surface area (Å²) in [5.74, 6) is 0.867. The average molecular weight is 364 g/mol. The highest BCUT2D eigenvalue weighted by atomic mass is 16.2. The SMILES string of the molecule is Cc1nc(N2CCC(Cc3cnn(C(C)C)c3)C2=O)ccc1-c1cn[nH]c1. The topological polar surface area (TPSA) is 79.7 Å². The number of hydrogen-bond acceptors (Lipinski definition) is 4. The molecule has 0 bridgehead atoms. The van der Waals surface area contributed by atoms with Crippen molar-refractivity contribution in [3.63, 3.8) is 0 Å². The van der Waals surface area contributed by atoms with E-state index in [1.165, 1.54) is 0 Å². The van der Waals surface area contributed by atoms with E-state index in [2.05, 4.69) is 34.1 Å². The van der Waals surface area contributed by atoms with Crippen LogP contribution in [0.15, 0.2) is 36.9 Å². The van der Waals surface area contributed by atoms with Gasteiger partial charge in [-0.15, -0.1) is 0 Å². The summed E-state index contributed by atoms with van der Waals surface area (Å²) in [6, 6.07) is 4.26. The first kappa shape index (κ1) is 17.5. The molecule has 4 heterocycles. The smallest absolute Gasteiger partial charge is 0.231 e. The Kier molecular flexibility index (Phi) is 4.51. The van der Waals surface area contributed by atoms with E-state index in [1.54, 1.807) is 6.20 Å². The number of nitrogens with zero attached hydrogens (tertiary/aromatic N) is 5. The van der Waals surface area contributed by atoms with Crippen LogP contribution in [0.2, 0.25) is 0 Å². The molecular formula is C20H24N6O. The third-order valence-electron chi connectivity index (χ3n) is 5.14. The molecule has 1 fully saturated rings. The number of nitrogens with one attached hydrogen (secondary N) is 1. The van der Waals surface area contributed by atoms with E-state index in [-0.39, 0.29) is 11.8 Å². The van der Waals surface area contributed by atoms with Crippen LogP contribution in [0.1, 0.15) is 37.6 Å². The zero-order valence-corrected chi connectivity index (χ0v) is 15.9. The van der Waals surface area contributed by atoms with Gasteiger partial charge in [0.1, 0.15) is 5.82 Å². The number of rotatable bonds is 5. The summed E-state index contributed by atoms with van der Waals surface area (Å²) in [5.41, 5.74) is 4.03. The second-order valence-corrected chi connectivity index (χ2v) is 7.39. The molecule has 1 aliphatic rings. The highest BCUT2D eigenvalue weighted by molar-refractivity contribution is 5.96. The first-order valence-corrected chi connectivity index (χ1v) is 9.34. The maximum Gasteiger partial charge on any atom is 0.231 e. The summed E-state index contributed by atoms with van der Waals surface area (Å²) in [6.45, 7) is 6.87. The minimum Gasteiger partial charge on any atom is -0.297 e. The number of aromatic amines is 1. The molecule has 0 spiro atoms. The van der Waals surface area contributed by atoms with Gasteiger partial charge in [-0.3, -0.25) is 19.5 Å². The molecular weight excluding hydrogens is 340 g/mol. The van der Waals surface area contributed by atoms with Gasteiger partial charge in [0.15, 0.2) is 0 Å². The van der Waals surface area contributed by atoms with Crippen molar-refractivity contribution in [2.75, 3.05) is 11.4 Å². The van der Waals surface area contributed by atoms with Crippen molar-refractivity contribution in [1.29, 1.82) is 0 Å². The van der Waals surface area contributed by atoms with E-state index in [0.717, 1.165) is 41.0 Å². The first-order valence-electron chi connectivity index (χ1n) is 9.34. The standard InChI is InChI=1S/C20H24N6O/c1-13(2)26-12-15(9-23-26)8-16-6-7-25(20(16)27)19-5-4-18(14(3)24-19)17-10-21-22-11-17/h4-5,9-13,16H,6-8H2,1-3H3,(H,21,22). The molecule has 1 amide bonds. The first-order chi connectivity index (χ1) is 13.0. The lowest BCUT2D eigenvalue weighted by molar-refractivity contribution is -0.120. The van der Waals surface area contributed by atoms with Crippen LogP contribution in [0.25, 0.3) is 11.1 Å². The number of carbonyl (C=O) groups excluding carboxylic acids is 1. The number of carbonyl (C=O) groups is 1. The van der Waals surface area contributed by atoms with Crippen molar-refractivity contribution < 1.29 is 4.79 Å². The summed E-state index contributed by atoms with van der Waals surface area (Å²) in [5, 5.41) is 11.2. The Morgan fingerprint density at radius 1 is 1.30 bits per heavy atom. The molecule has 0 radical (unpaired) electrons. The molecule has 27 heavy (non-hydrogen) atoms. The van der Waals surface area contributed by atoms with E-state index in [4.69, 9.17) is 0 Å². The van der Waals surface area contributed by atoms with Crippen LogP contribution in [0.4, 0.5) is 5.82 Å². The van der Waals surface area contributed by atoms with Crippen molar-refractivity contribution >= 4 is 11.7 Å². The van der Waals surface area contributed by atoms with E-state index in [0.29, 0.717) is 12.6 Å². The van der Waals surface area contributed by atoms with E-state index >= 15 is 0 Å². The summed E-state index contributed by atoms with van der Waals surface area (Å²) in [4.78, 5) is 19.4. The number of pyridine rings is 1. The van der Waals surface area contributed by atoms with Gasteiger partial charge < -0.3 is 0 Å². The number of anilines is 1. The number of hydrogen-bond donors (Lipinski definition) is 1. The maximum atomic E-state index is 12.9. The largest absolute Gasteiger partial charge is 0.297 e. The predicted octanol–water partition coefficient (Wildman–Crippen LogP) is 3.15. The zero-order chi connectivity index (χ0) is 19.0. The molecule has 0 saturated carbocycles. The number of H-pyrrole nitrogens is 1. The van der Waals surface area contributed by atoms with Gasteiger partial charge in [0.05, 0.1) is 12.4 Å². The fourth-order valence-electron chi connectivity index (χ4n) is 3.61. The van der Waals surface area contributed by atoms with Gasteiger partial charge in [0.25, 0.3) is 0 Å². The van der Waals surface area contributed by atoms with Crippen molar-refractivity contribution in [2.24, 2.45) is 5.92 Å². The molecule has 1 atom stereocenters. The molecule has 3 aromatic rings. The van der Waals surface area contributed by atoms with Gasteiger partial charge in [0, 0.05) is 47.7 Å². The van der Waals surface area contributed by atoms with Gasteiger partial charge in [-0.25, -0.2) is 4.98 Å². The second-order valence-electron chi connectivity index (χ2n) is 7.39. The lowest BCUT2D eigenvalue weighted by Gasteiger charge is -2.17. The molecule has 1 unspecified atom stereocenters. The molecule has 140 valence electrons. The highest BCUT2D eigenvalue weighted by Crippen LogP contribution is 2.29. The van der Waals surface area contributed by atoms with E-state index in [1.807, 2.05) is 47.2 Å². The summed E-state index contributed by atoms with van der Waals surface area (Å²) in [7, 11) is 0. The molecule has 1 N–H and O–H groups in total. The number of aromatic nitrogens is 5. The maximum absolute atomic E-state index is 12.9. The van der Waals surface area contributed by atoms with Gasteiger partial charge >= 0.3 is 0 Å². The second kappa shape index (κ2) is 6.98. The Balaban J connectivity index is 1.49. The van der Waals surface area contributed by atoms with Crippen LogP contribution in [0.3, 0.4) is 0 Å². The quantitative estimate of drug-likeness (QED) is 0.754. The lowest BCUT2D eigenvalue weighted by atomic mass is 10.0. The lowest BCUT2D eigenvalue weighted by Crippen LogP contribution is -2.28. The summed E-state index contributed by atoms with van der Waals surface area (Å²) < 4.78 is 1.94. The number of amides is 1. The highest BCUT2D eigenvalue weighted by Gasteiger charge is 2.33. The normalized spacial score (nSPS) is 17.3. The molecule has 0 aromatic carbocycles. The van der Waals surface area contributed by atoms with Crippen LogP contribution in [-0.2, 0) is 11.2 Å². The summed E-state index contributed by atoms with van der Waals surface area (Å²) >= 11 is 0. The van der Waals surface area contributed by atoms with Crippen molar-refractivity contribution in [1.82, 2.24) is 25.0 Å². The van der Waals surface area contributed by atoms with Gasteiger partial charge in [-0.05, 0) is 51.3 Å². The molecule has 0 aliphatic carbocycles. The Labute approximate surface area is 158 Å². The fraction of sp³-hybridized carbons (Fsp3) is 0.400. The van der Waals surface area contributed by atoms with E-state index in [9.17, 15) is 4.79 Å². The van der Waals surface area contributed by atoms with E-state index < -0.39 is 0 Å². The minimum atomic E-state index is -0.00883. The Morgan fingerprint density at radius 3 is 2.81 bits per heavy atom. The Bertz CT molecular complexity index is 943. The van der Waals surface area contributed by atoms with Crippen LogP contribution in [0, 0.1) is 12.8 Å². The monoisotopic (exact) mass is 364 g/mol. The predicted molar refractivity (Wildman–Crippen MR) is 103 cm³/mol.